The molecular formula is C20H20FN3O2. The quantitative estimate of drug-likeness (QED) is 0.670. The van der Waals surface area contributed by atoms with Gasteiger partial charge in [0.1, 0.15) is 18.2 Å². The van der Waals surface area contributed by atoms with E-state index in [1.807, 2.05) is 24.3 Å². The highest BCUT2D eigenvalue weighted by atomic mass is 19.1. The summed E-state index contributed by atoms with van der Waals surface area (Å²) < 4.78 is 25.2. The Morgan fingerprint density at radius 1 is 1.00 bits per heavy atom. The molecule has 1 aliphatic rings. The lowest BCUT2D eigenvalue weighted by molar-refractivity contribution is 0.238. The average molecular weight is 353 g/mol. The number of likely N-dealkylation sites (tertiary alicyclic amines) is 1. The van der Waals surface area contributed by atoms with Crippen molar-refractivity contribution in [2.24, 2.45) is 0 Å². The molecule has 134 valence electrons. The number of rotatable bonds is 6. The van der Waals surface area contributed by atoms with Crippen LogP contribution in [0, 0.1) is 5.82 Å². The van der Waals surface area contributed by atoms with Gasteiger partial charge in [0.25, 0.3) is 5.89 Å². The van der Waals surface area contributed by atoms with Crippen molar-refractivity contribution in [2.45, 2.75) is 12.8 Å². The fourth-order valence-corrected chi connectivity index (χ4v) is 3.14. The third kappa shape index (κ3) is 3.60. The number of hydrogen-bond donors (Lipinski definition) is 0. The Kier molecular flexibility index (Phi) is 4.93. The Hall–Kier alpha value is -2.73. The van der Waals surface area contributed by atoms with Crippen LogP contribution in [-0.4, -0.2) is 41.3 Å². The van der Waals surface area contributed by atoms with E-state index in [0.717, 1.165) is 19.6 Å². The second-order valence-corrected chi connectivity index (χ2v) is 6.30. The van der Waals surface area contributed by atoms with E-state index in [4.69, 9.17) is 9.26 Å². The maximum Gasteiger partial charge on any atom is 0.262 e. The molecule has 2 aromatic carbocycles. The first kappa shape index (κ1) is 16.7. The van der Waals surface area contributed by atoms with Crippen molar-refractivity contribution in [3.05, 3.63) is 54.3 Å². The first-order chi connectivity index (χ1) is 12.8. The van der Waals surface area contributed by atoms with Crippen LogP contribution in [0.15, 0.2) is 53.1 Å². The van der Waals surface area contributed by atoms with Crippen LogP contribution >= 0.6 is 0 Å². The molecule has 0 N–H and O–H groups in total. The van der Waals surface area contributed by atoms with Crippen LogP contribution in [0.2, 0.25) is 0 Å². The van der Waals surface area contributed by atoms with E-state index in [1.165, 1.54) is 18.9 Å². The second kappa shape index (κ2) is 7.66. The fourth-order valence-electron chi connectivity index (χ4n) is 3.14. The van der Waals surface area contributed by atoms with Crippen molar-refractivity contribution in [1.29, 1.82) is 0 Å². The lowest BCUT2D eigenvalue weighted by Gasteiger charge is -2.15. The highest BCUT2D eigenvalue weighted by molar-refractivity contribution is 5.65. The zero-order chi connectivity index (χ0) is 17.8. The fraction of sp³-hybridized carbons (Fsp3) is 0.300. The number of benzene rings is 2. The molecule has 6 heteroatoms. The van der Waals surface area contributed by atoms with Gasteiger partial charge in [0, 0.05) is 6.54 Å². The first-order valence-electron chi connectivity index (χ1n) is 8.84. The van der Waals surface area contributed by atoms with E-state index in [-0.39, 0.29) is 11.6 Å². The largest absolute Gasteiger partial charge is 0.491 e. The summed E-state index contributed by atoms with van der Waals surface area (Å²) in [5.41, 5.74) is 1.03. The molecule has 26 heavy (non-hydrogen) atoms. The molecule has 2 heterocycles. The number of para-hydroxylation sites is 1. The molecule has 0 amide bonds. The predicted octanol–water partition coefficient (Wildman–Crippen LogP) is 4.02. The van der Waals surface area contributed by atoms with Crippen molar-refractivity contribution in [3.8, 4) is 28.6 Å². The normalized spacial score (nSPS) is 14.7. The van der Waals surface area contributed by atoms with Gasteiger partial charge in [0.15, 0.2) is 0 Å². The van der Waals surface area contributed by atoms with Gasteiger partial charge in [0.05, 0.1) is 11.1 Å². The molecule has 0 spiro atoms. The average Bonchev–Trinajstić information content (AvgIpc) is 3.34. The number of aromatic nitrogens is 2. The van der Waals surface area contributed by atoms with E-state index in [1.54, 1.807) is 18.2 Å². The lowest BCUT2D eigenvalue weighted by Crippen LogP contribution is -2.25. The lowest BCUT2D eigenvalue weighted by atomic mass is 10.2. The number of ether oxygens (including phenoxy) is 1. The third-order valence-electron chi connectivity index (χ3n) is 4.52. The van der Waals surface area contributed by atoms with Crippen LogP contribution in [0.5, 0.6) is 5.75 Å². The number of halogens is 1. The Labute approximate surface area is 151 Å². The zero-order valence-electron chi connectivity index (χ0n) is 14.4. The third-order valence-corrected chi connectivity index (χ3v) is 4.52. The van der Waals surface area contributed by atoms with Gasteiger partial charge in [0.2, 0.25) is 5.82 Å². The molecule has 5 nitrogen and oxygen atoms in total. The van der Waals surface area contributed by atoms with Crippen molar-refractivity contribution < 1.29 is 13.7 Å². The zero-order valence-corrected chi connectivity index (χ0v) is 14.4. The summed E-state index contributed by atoms with van der Waals surface area (Å²) in [5.74, 6) is 0.857. The van der Waals surface area contributed by atoms with E-state index in [9.17, 15) is 4.39 Å². The minimum Gasteiger partial charge on any atom is -0.491 e. The van der Waals surface area contributed by atoms with Gasteiger partial charge in [-0.2, -0.15) is 4.98 Å². The molecule has 4 rings (SSSR count). The summed E-state index contributed by atoms with van der Waals surface area (Å²) >= 11 is 0. The summed E-state index contributed by atoms with van der Waals surface area (Å²) in [5, 5.41) is 3.92. The summed E-state index contributed by atoms with van der Waals surface area (Å²) in [6.45, 7) is 3.78. The van der Waals surface area contributed by atoms with Gasteiger partial charge in [-0.25, -0.2) is 4.39 Å². The highest BCUT2D eigenvalue weighted by Gasteiger charge is 2.17. The molecule has 1 saturated heterocycles. The topological polar surface area (TPSA) is 51.4 Å². The van der Waals surface area contributed by atoms with Crippen LogP contribution in [0.25, 0.3) is 22.8 Å². The standard InChI is InChI=1S/C20H20FN3O2/c21-17-9-3-1-7-15(17)19-22-20(26-23-19)16-8-2-4-10-18(16)25-14-13-24-11-5-6-12-24/h1-4,7-10H,5-6,11-14H2. The molecule has 0 radical (unpaired) electrons. The maximum absolute atomic E-state index is 13.9. The molecule has 1 aliphatic heterocycles. The first-order valence-corrected chi connectivity index (χ1v) is 8.84. The van der Waals surface area contributed by atoms with Gasteiger partial charge in [-0.15, -0.1) is 0 Å². The SMILES string of the molecule is Fc1ccccc1-c1noc(-c2ccccc2OCCN2CCCC2)n1. The molecule has 0 atom stereocenters. The Balaban J connectivity index is 1.52. The van der Waals surface area contributed by atoms with Crippen molar-refractivity contribution in [2.75, 3.05) is 26.2 Å². The van der Waals surface area contributed by atoms with Gasteiger partial charge in [-0.05, 0) is 50.2 Å². The highest BCUT2D eigenvalue weighted by Crippen LogP contribution is 2.30. The smallest absolute Gasteiger partial charge is 0.262 e. The van der Waals surface area contributed by atoms with Crippen molar-refractivity contribution in [3.63, 3.8) is 0 Å². The summed E-state index contributed by atoms with van der Waals surface area (Å²) in [6, 6.07) is 13.9. The molecule has 0 unspecified atom stereocenters. The number of nitrogens with zero attached hydrogens (tertiary/aromatic N) is 3. The molecule has 0 bridgehead atoms. The van der Waals surface area contributed by atoms with Gasteiger partial charge >= 0.3 is 0 Å². The number of hydrogen-bond acceptors (Lipinski definition) is 5. The predicted molar refractivity (Wildman–Crippen MR) is 96.3 cm³/mol. The molecule has 1 fully saturated rings. The van der Waals surface area contributed by atoms with Crippen LogP contribution in [0.1, 0.15) is 12.8 Å². The molecular weight excluding hydrogens is 333 g/mol. The summed E-state index contributed by atoms with van der Waals surface area (Å²) in [4.78, 5) is 6.74. The van der Waals surface area contributed by atoms with Gasteiger partial charge in [-0.3, -0.25) is 4.90 Å². The van der Waals surface area contributed by atoms with Gasteiger partial charge < -0.3 is 9.26 Å². The van der Waals surface area contributed by atoms with Crippen molar-refractivity contribution >= 4 is 0 Å². The second-order valence-electron chi connectivity index (χ2n) is 6.30. The monoisotopic (exact) mass is 353 g/mol. The van der Waals surface area contributed by atoms with E-state index in [0.29, 0.717) is 29.4 Å². The van der Waals surface area contributed by atoms with E-state index >= 15 is 0 Å². The van der Waals surface area contributed by atoms with Crippen LogP contribution in [0.4, 0.5) is 4.39 Å². The minimum atomic E-state index is -0.380. The Morgan fingerprint density at radius 2 is 1.73 bits per heavy atom. The van der Waals surface area contributed by atoms with E-state index < -0.39 is 0 Å². The van der Waals surface area contributed by atoms with Gasteiger partial charge in [-0.1, -0.05) is 29.4 Å². The summed E-state index contributed by atoms with van der Waals surface area (Å²) in [7, 11) is 0. The molecule has 3 aromatic rings. The molecule has 1 aromatic heterocycles. The summed E-state index contributed by atoms with van der Waals surface area (Å²) in [6.07, 6.45) is 2.52. The maximum atomic E-state index is 13.9. The Morgan fingerprint density at radius 3 is 2.54 bits per heavy atom. The van der Waals surface area contributed by atoms with Crippen LogP contribution in [0.3, 0.4) is 0 Å². The van der Waals surface area contributed by atoms with Crippen LogP contribution < -0.4 is 4.74 Å². The molecule has 0 saturated carbocycles. The Bertz CT molecular complexity index is 875. The minimum absolute atomic E-state index is 0.227. The molecule has 0 aliphatic carbocycles. The van der Waals surface area contributed by atoms with Crippen molar-refractivity contribution in [1.82, 2.24) is 15.0 Å². The van der Waals surface area contributed by atoms with Crippen LogP contribution in [-0.2, 0) is 0 Å². The van der Waals surface area contributed by atoms with E-state index in [2.05, 4.69) is 15.0 Å².